The number of halogens is 2. The molecule has 0 heterocycles. The zero-order valence-corrected chi connectivity index (χ0v) is 11.6. The molecule has 90 valence electrons. The summed E-state index contributed by atoms with van der Waals surface area (Å²) in [6.45, 7) is 3.59. The van der Waals surface area contributed by atoms with Gasteiger partial charge in [0.05, 0.1) is 5.02 Å². The van der Waals surface area contributed by atoms with Crippen LogP contribution < -0.4 is 5.32 Å². The molecule has 1 aromatic rings. The predicted octanol–water partition coefficient (Wildman–Crippen LogP) is 3.54. The van der Waals surface area contributed by atoms with E-state index in [4.69, 9.17) is 23.2 Å². The van der Waals surface area contributed by atoms with Crippen LogP contribution in [-0.2, 0) is 6.54 Å². The Bertz CT molecular complexity index is 360. The van der Waals surface area contributed by atoms with Gasteiger partial charge in [0.2, 0.25) is 0 Å². The topological polar surface area (TPSA) is 32.3 Å². The van der Waals surface area contributed by atoms with E-state index in [0.29, 0.717) is 21.8 Å². The first-order chi connectivity index (χ1) is 7.54. The molecule has 1 aromatic carbocycles. The fourth-order valence-corrected chi connectivity index (χ4v) is 2.07. The third kappa shape index (κ3) is 4.06. The molecule has 16 heavy (non-hydrogen) atoms. The van der Waals surface area contributed by atoms with Gasteiger partial charge in [-0.25, -0.2) is 0 Å². The van der Waals surface area contributed by atoms with Gasteiger partial charge in [-0.1, -0.05) is 30.1 Å². The molecule has 2 nitrogen and oxygen atoms in total. The van der Waals surface area contributed by atoms with Crippen LogP contribution in [0.1, 0.15) is 12.5 Å². The van der Waals surface area contributed by atoms with Crippen LogP contribution in [0.25, 0.3) is 0 Å². The van der Waals surface area contributed by atoms with E-state index in [1.54, 1.807) is 17.8 Å². The van der Waals surface area contributed by atoms with Crippen LogP contribution >= 0.6 is 35.0 Å². The number of phenolic OH excluding ortho intramolecular Hbond substituents is 1. The SMILES string of the molecule is CSC(C)CNCc1cc(Cl)cc(Cl)c1O. The fourth-order valence-electron chi connectivity index (χ4n) is 1.25. The minimum atomic E-state index is 0.107. The minimum absolute atomic E-state index is 0.107. The van der Waals surface area contributed by atoms with Crippen LogP contribution in [0.5, 0.6) is 5.75 Å². The van der Waals surface area contributed by atoms with Crippen LogP contribution in [0.15, 0.2) is 12.1 Å². The third-order valence-electron chi connectivity index (χ3n) is 2.26. The van der Waals surface area contributed by atoms with E-state index in [0.717, 1.165) is 12.1 Å². The van der Waals surface area contributed by atoms with Crippen molar-refractivity contribution in [3.63, 3.8) is 0 Å². The van der Waals surface area contributed by atoms with Gasteiger partial charge >= 0.3 is 0 Å². The molecule has 0 spiro atoms. The van der Waals surface area contributed by atoms with E-state index in [9.17, 15) is 5.11 Å². The lowest BCUT2D eigenvalue weighted by Crippen LogP contribution is -2.22. The standard InChI is InChI=1S/C11H15Cl2NOS/c1-7(16-2)5-14-6-8-3-9(12)4-10(13)11(8)15/h3-4,7,14-15H,5-6H2,1-2H3. The van der Waals surface area contributed by atoms with Crippen molar-refractivity contribution in [3.05, 3.63) is 27.7 Å². The predicted molar refractivity (Wildman–Crippen MR) is 72.8 cm³/mol. The normalized spacial score (nSPS) is 12.8. The molecule has 0 bridgehead atoms. The van der Waals surface area contributed by atoms with Gasteiger partial charge in [0.1, 0.15) is 5.75 Å². The number of hydrogen-bond donors (Lipinski definition) is 2. The average Bonchev–Trinajstić information content (AvgIpc) is 2.24. The summed E-state index contributed by atoms with van der Waals surface area (Å²) in [4.78, 5) is 0. The monoisotopic (exact) mass is 279 g/mol. The van der Waals surface area contributed by atoms with E-state index in [-0.39, 0.29) is 5.75 Å². The van der Waals surface area contributed by atoms with Crippen molar-refractivity contribution in [2.45, 2.75) is 18.7 Å². The molecule has 2 N–H and O–H groups in total. The molecule has 0 aliphatic carbocycles. The Labute approximate surface area is 110 Å². The van der Waals surface area contributed by atoms with Crippen LogP contribution in [-0.4, -0.2) is 23.2 Å². The van der Waals surface area contributed by atoms with Crippen molar-refractivity contribution in [3.8, 4) is 5.75 Å². The molecule has 0 saturated heterocycles. The van der Waals surface area contributed by atoms with Gasteiger partial charge in [-0.3, -0.25) is 0 Å². The Morgan fingerprint density at radius 1 is 1.44 bits per heavy atom. The maximum absolute atomic E-state index is 9.71. The van der Waals surface area contributed by atoms with E-state index >= 15 is 0 Å². The molecule has 1 rings (SSSR count). The summed E-state index contributed by atoms with van der Waals surface area (Å²) in [7, 11) is 0. The van der Waals surface area contributed by atoms with Crippen LogP contribution in [0.4, 0.5) is 0 Å². The van der Waals surface area contributed by atoms with Crippen LogP contribution in [0.2, 0.25) is 10.0 Å². The smallest absolute Gasteiger partial charge is 0.138 e. The Hall–Kier alpha value is -0.0900. The van der Waals surface area contributed by atoms with Gasteiger partial charge in [-0.05, 0) is 18.4 Å². The van der Waals surface area contributed by atoms with Crippen LogP contribution in [0, 0.1) is 0 Å². The summed E-state index contributed by atoms with van der Waals surface area (Å²) < 4.78 is 0. The van der Waals surface area contributed by atoms with Gasteiger partial charge in [-0.15, -0.1) is 0 Å². The number of phenols is 1. The van der Waals surface area contributed by atoms with E-state index < -0.39 is 0 Å². The van der Waals surface area contributed by atoms with Gasteiger partial charge in [0.25, 0.3) is 0 Å². The lowest BCUT2D eigenvalue weighted by molar-refractivity contribution is 0.465. The molecule has 1 unspecified atom stereocenters. The molecule has 0 amide bonds. The lowest BCUT2D eigenvalue weighted by atomic mass is 10.2. The van der Waals surface area contributed by atoms with Crippen molar-refractivity contribution in [1.82, 2.24) is 5.32 Å². The molecule has 0 fully saturated rings. The summed E-state index contributed by atoms with van der Waals surface area (Å²) in [5.41, 5.74) is 0.728. The quantitative estimate of drug-likeness (QED) is 0.865. The van der Waals surface area contributed by atoms with Crippen molar-refractivity contribution < 1.29 is 5.11 Å². The van der Waals surface area contributed by atoms with Crippen LogP contribution in [0.3, 0.4) is 0 Å². The fraction of sp³-hybridized carbons (Fsp3) is 0.455. The van der Waals surface area contributed by atoms with E-state index in [1.165, 1.54) is 6.07 Å². The largest absolute Gasteiger partial charge is 0.506 e. The summed E-state index contributed by atoms with van der Waals surface area (Å²) in [6.07, 6.45) is 2.07. The van der Waals surface area contributed by atoms with E-state index in [1.807, 2.05) is 0 Å². The number of thioether (sulfide) groups is 1. The minimum Gasteiger partial charge on any atom is -0.506 e. The number of benzene rings is 1. The third-order valence-corrected chi connectivity index (χ3v) is 3.73. The first kappa shape index (κ1) is 14.0. The number of hydrogen-bond acceptors (Lipinski definition) is 3. The molecule has 0 saturated carbocycles. The van der Waals surface area contributed by atoms with Crippen molar-refractivity contribution >= 4 is 35.0 Å². The van der Waals surface area contributed by atoms with Crippen molar-refractivity contribution in [1.29, 1.82) is 0 Å². The van der Waals surface area contributed by atoms with Gasteiger partial charge in [0, 0.05) is 28.9 Å². The van der Waals surface area contributed by atoms with Gasteiger partial charge < -0.3 is 10.4 Å². The van der Waals surface area contributed by atoms with E-state index in [2.05, 4.69) is 18.5 Å². The van der Waals surface area contributed by atoms with Gasteiger partial charge in [-0.2, -0.15) is 11.8 Å². The molecule has 1 atom stereocenters. The second-order valence-corrected chi connectivity index (χ2v) is 5.69. The highest BCUT2D eigenvalue weighted by Gasteiger charge is 2.08. The molecule has 0 aromatic heterocycles. The zero-order chi connectivity index (χ0) is 12.1. The molecular weight excluding hydrogens is 265 g/mol. The van der Waals surface area contributed by atoms with Crippen molar-refractivity contribution in [2.75, 3.05) is 12.8 Å². The highest BCUT2D eigenvalue weighted by Crippen LogP contribution is 2.30. The van der Waals surface area contributed by atoms with Gasteiger partial charge in [0.15, 0.2) is 0 Å². The highest BCUT2D eigenvalue weighted by atomic mass is 35.5. The zero-order valence-electron chi connectivity index (χ0n) is 9.26. The number of rotatable bonds is 5. The second kappa shape index (κ2) is 6.60. The Morgan fingerprint density at radius 3 is 2.75 bits per heavy atom. The lowest BCUT2D eigenvalue weighted by Gasteiger charge is -2.11. The molecule has 0 aliphatic heterocycles. The number of aromatic hydroxyl groups is 1. The highest BCUT2D eigenvalue weighted by molar-refractivity contribution is 7.99. The second-order valence-electron chi connectivity index (χ2n) is 3.57. The molecule has 5 heteroatoms. The summed E-state index contributed by atoms with van der Waals surface area (Å²) >= 11 is 13.5. The first-order valence-corrected chi connectivity index (χ1v) is 6.99. The maximum atomic E-state index is 9.71. The molecular formula is C11H15Cl2NOS. The first-order valence-electron chi connectivity index (χ1n) is 4.95. The summed E-state index contributed by atoms with van der Waals surface area (Å²) in [5, 5.41) is 14.3. The Morgan fingerprint density at radius 2 is 2.12 bits per heavy atom. The van der Waals surface area contributed by atoms with Crippen molar-refractivity contribution in [2.24, 2.45) is 0 Å². The Kier molecular flexibility index (Phi) is 5.76. The molecule has 0 radical (unpaired) electrons. The average molecular weight is 280 g/mol. The summed E-state index contributed by atoms with van der Waals surface area (Å²) in [5.74, 6) is 0.107. The maximum Gasteiger partial charge on any atom is 0.138 e. The summed E-state index contributed by atoms with van der Waals surface area (Å²) in [6, 6.07) is 3.26. The molecule has 0 aliphatic rings. The Balaban J connectivity index is 2.60. The number of nitrogens with one attached hydrogen (secondary N) is 1.